The van der Waals surface area contributed by atoms with E-state index >= 15 is 0 Å². The number of benzene rings is 1. The number of rotatable bonds is 7. The van der Waals surface area contributed by atoms with E-state index in [0.29, 0.717) is 13.0 Å². The summed E-state index contributed by atoms with van der Waals surface area (Å²) in [4.78, 5) is 21.0. The first-order valence-corrected chi connectivity index (χ1v) is 9.59. The van der Waals surface area contributed by atoms with E-state index in [1.807, 2.05) is 47.5 Å². The molecule has 2 heterocycles. The molecule has 0 radical (unpaired) electrons. The van der Waals surface area contributed by atoms with Crippen molar-refractivity contribution in [2.45, 2.75) is 13.3 Å². The maximum absolute atomic E-state index is 12.4. The Labute approximate surface area is 161 Å². The van der Waals surface area contributed by atoms with Crippen LogP contribution in [0.15, 0.2) is 60.3 Å². The Hall–Kier alpha value is -2.66. The van der Waals surface area contributed by atoms with Crippen LogP contribution >= 0.6 is 0 Å². The van der Waals surface area contributed by atoms with Crippen LogP contribution in [-0.2, 0) is 4.79 Å². The van der Waals surface area contributed by atoms with Gasteiger partial charge in [0, 0.05) is 51.9 Å². The zero-order valence-corrected chi connectivity index (χ0v) is 16.0. The highest BCUT2D eigenvalue weighted by Crippen LogP contribution is 2.13. The molecule has 142 valence electrons. The first kappa shape index (κ1) is 19.1. The molecule has 1 aliphatic heterocycles. The molecule has 5 nitrogen and oxygen atoms in total. The third-order valence-corrected chi connectivity index (χ3v) is 4.74. The fourth-order valence-corrected chi connectivity index (χ4v) is 3.25. The van der Waals surface area contributed by atoms with Gasteiger partial charge in [-0.3, -0.25) is 4.79 Å². The number of nitrogens with zero attached hydrogens (tertiary/aromatic N) is 3. The largest absolute Gasteiger partial charge is 0.353 e. The first-order valence-electron chi connectivity index (χ1n) is 9.59. The second-order valence-corrected chi connectivity index (χ2v) is 6.88. The lowest BCUT2D eigenvalue weighted by Gasteiger charge is -2.35. The summed E-state index contributed by atoms with van der Waals surface area (Å²) in [5.74, 6) is 1.22. The number of anilines is 1. The van der Waals surface area contributed by atoms with Gasteiger partial charge in [0.05, 0.1) is 0 Å². The lowest BCUT2D eigenvalue weighted by molar-refractivity contribution is -0.131. The normalized spacial score (nSPS) is 15.1. The Morgan fingerprint density at radius 3 is 2.52 bits per heavy atom. The number of carbonyl (C=O) groups is 1. The number of piperazine rings is 1. The Balaban J connectivity index is 1.35. The summed E-state index contributed by atoms with van der Waals surface area (Å²) in [5.41, 5.74) is 2.47. The predicted molar refractivity (Wildman–Crippen MR) is 111 cm³/mol. The number of pyridine rings is 1. The summed E-state index contributed by atoms with van der Waals surface area (Å²) in [5, 5.41) is 3.37. The van der Waals surface area contributed by atoms with Crippen LogP contribution < -0.4 is 10.2 Å². The average Bonchev–Trinajstić information content (AvgIpc) is 2.72. The van der Waals surface area contributed by atoms with E-state index < -0.39 is 0 Å². The quantitative estimate of drug-likeness (QED) is 0.768. The van der Waals surface area contributed by atoms with E-state index in [-0.39, 0.29) is 5.91 Å². The molecule has 3 rings (SSSR count). The van der Waals surface area contributed by atoms with E-state index in [9.17, 15) is 4.79 Å². The fourth-order valence-electron chi connectivity index (χ4n) is 3.25. The monoisotopic (exact) mass is 364 g/mol. The van der Waals surface area contributed by atoms with Gasteiger partial charge in [-0.25, -0.2) is 4.98 Å². The molecule has 2 aromatic rings. The van der Waals surface area contributed by atoms with Crippen LogP contribution in [0, 0.1) is 0 Å². The third-order valence-electron chi connectivity index (χ3n) is 4.74. The summed E-state index contributed by atoms with van der Waals surface area (Å²) in [6, 6.07) is 16.2. The van der Waals surface area contributed by atoms with Crippen LogP contribution in [0.25, 0.3) is 6.08 Å². The smallest absolute Gasteiger partial charge is 0.223 e. The molecule has 1 fully saturated rings. The minimum Gasteiger partial charge on any atom is -0.353 e. The van der Waals surface area contributed by atoms with E-state index in [1.54, 1.807) is 0 Å². The van der Waals surface area contributed by atoms with Gasteiger partial charge in [-0.15, -0.1) is 0 Å². The summed E-state index contributed by atoms with van der Waals surface area (Å²) >= 11 is 0. The van der Waals surface area contributed by atoms with Gasteiger partial charge >= 0.3 is 0 Å². The molecule has 0 unspecified atom stereocenters. The standard InChI is InChI=1S/C22H28N4O/c1-19(17-20-7-3-2-4-8-20)18-23-12-10-22(27)26-15-13-25(14-16-26)21-9-5-6-11-24-21/h2-9,11,17,23H,10,12-16,18H2,1H3/b19-17-. The van der Waals surface area contributed by atoms with E-state index in [4.69, 9.17) is 0 Å². The molecule has 27 heavy (non-hydrogen) atoms. The highest BCUT2D eigenvalue weighted by molar-refractivity contribution is 5.76. The van der Waals surface area contributed by atoms with Crippen LogP contribution in [0.2, 0.25) is 0 Å². The lowest BCUT2D eigenvalue weighted by atomic mass is 10.1. The van der Waals surface area contributed by atoms with Crippen molar-refractivity contribution in [1.29, 1.82) is 0 Å². The number of aromatic nitrogens is 1. The van der Waals surface area contributed by atoms with E-state index in [1.165, 1.54) is 11.1 Å². The van der Waals surface area contributed by atoms with Gasteiger partial charge in [0.1, 0.15) is 5.82 Å². The predicted octanol–water partition coefficient (Wildman–Crippen LogP) is 2.81. The number of hydrogen-bond donors (Lipinski definition) is 1. The van der Waals surface area contributed by atoms with E-state index in [0.717, 1.165) is 38.5 Å². The molecule has 5 heteroatoms. The van der Waals surface area contributed by atoms with Gasteiger partial charge in [0.2, 0.25) is 5.91 Å². The molecule has 1 saturated heterocycles. The van der Waals surface area contributed by atoms with Crippen molar-refractivity contribution in [2.24, 2.45) is 0 Å². The summed E-state index contributed by atoms with van der Waals surface area (Å²) in [6.07, 6.45) is 4.53. The van der Waals surface area contributed by atoms with Crippen LogP contribution in [0.5, 0.6) is 0 Å². The van der Waals surface area contributed by atoms with Crippen LogP contribution in [0.1, 0.15) is 18.9 Å². The van der Waals surface area contributed by atoms with Gasteiger partial charge in [0.15, 0.2) is 0 Å². The minimum absolute atomic E-state index is 0.230. The Morgan fingerprint density at radius 2 is 1.81 bits per heavy atom. The summed E-state index contributed by atoms with van der Waals surface area (Å²) in [6.45, 7) is 6.84. The topological polar surface area (TPSA) is 48.5 Å². The van der Waals surface area contributed by atoms with Crippen LogP contribution in [0.3, 0.4) is 0 Å². The number of nitrogens with one attached hydrogen (secondary N) is 1. The Morgan fingerprint density at radius 1 is 1.07 bits per heavy atom. The SMILES string of the molecule is C/C(=C/c1ccccc1)CNCCC(=O)N1CCN(c2ccccn2)CC1. The Bertz CT molecular complexity index is 737. The van der Waals surface area contributed by atoms with Crippen molar-refractivity contribution in [3.05, 3.63) is 65.9 Å². The molecule has 1 aliphatic rings. The molecule has 1 aromatic heterocycles. The van der Waals surface area contributed by atoms with Gasteiger partial charge in [-0.2, -0.15) is 0 Å². The molecule has 0 atom stereocenters. The zero-order chi connectivity index (χ0) is 18.9. The second-order valence-electron chi connectivity index (χ2n) is 6.88. The van der Waals surface area contributed by atoms with Gasteiger partial charge in [0.25, 0.3) is 0 Å². The van der Waals surface area contributed by atoms with Crippen molar-refractivity contribution in [1.82, 2.24) is 15.2 Å². The number of amides is 1. The molecule has 0 saturated carbocycles. The highest BCUT2D eigenvalue weighted by Gasteiger charge is 2.21. The molecule has 0 bridgehead atoms. The molecule has 0 aliphatic carbocycles. The Kier molecular flexibility index (Phi) is 6.99. The maximum atomic E-state index is 12.4. The van der Waals surface area contributed by atoms with Crippen molar-refractivity contribution in [3.63, 3.8) is 0 Å². The van der Waals surface area contributed by atoms with Gasteiger partial charge in [-0.1, -0.05) is 48.0 Å². The number of carbonyl (C=O) groups excluding carboxylic acids is 1. The van der Waals surface area contributed by atoms with Crippen LogP contribution in [-0.4, -0.2) is 55.1 Å². The van der Waals surface area contributed by atoms with Crippen LogP contribution in [0.4, 0.5) is 5.82 Å². The van der Waals surface area contributed by atoms with Gasteiger partial charge < -0.3 is 15.1 Å². The molecule has 1 N–H and O–H groups in total. The molecular weight excluding hydrogens is 336 g/mol. The first-order chi connectivity index (χ1) is 13.2. The molecule has 1 aromatic carbocycles. The summed E-state index contributed by atoms with van der Waals surface area (Å²) < 4.78 is 0. The molecule has 0 spiro atoms. The third kappa shape index (κ3) is 5.93. The summed E-state index contributed by atoms with van der Waals surface area (Å²) in [7, 11) is 0. The lowest BCUT2D eigenvalue weighted by Crippen LogP contribution is -2.49. The maximum Gasteiger partial charge on any atom is 0.223 e. The molecule has 1 amide bonds. The highest BCUT2D eigenvalue weighted by atomic mass is 16.2. The average molecular weight is 364 g/mol. The van der Waals surface area contributed by atoms with Crippen molar-refractivity contribution in [3.8, 4) is 0 Å². The van der Waals surface area contributed by atoms with Gasteiger partial charge in [-0.05, 0) is 24.6 Å². The van der Waals surface area contributed by atoms with Crippen molar-refractivity contribution < 1.29 is 4.79 Å². The van der Waals surface area contributed by atoms with E-state index in [2.05, 4.69) is 40.3 Å². The number of hydrogen-bond acceptors (Lipinski definition) is 4. The van der Waals surface area contributed by atoms with Crippen molar-refractivity contribution in [2.75, 3.05) is 44.2 Å². The minimum atomic E-state index is 0.230. The second kappa shape index (κ2) is 9.88. The van der Waals surface area contributed by atoms with Crippen molar-refractivity contribution >= 4 is 17.8 Å². The zero-order valence-electron chi connectivity index (χ0n) is 16.0. The molecular formula is C22H28N4O. The fraction of sp³-hybridized carbons (Fsp3) is 0.364.